The number of alkyl halides is 6. The molecule has 5 nitrogen and oxygen atoms in total. The molecule has 0 saturated heterocycles. The number of hydrogen-bond donors (Lipinski definition) is 1. The van der Waals surface area contributed by atoms with E-state index in [9.17, 15) is 26.3 Å². The first-order valence-electron chi connectivity index (χ1n) is 6.48. The van der Waals surface area contributed by atoms with Crippen LogP contribution in [0.5, 0.6) is 5.88 Å². The molecule has 0 atom stereocenters. The molecular weight excluding hydrogens is 342 g/mol. The van der Waals surface area contributed by atoms with Gasteiger partial charge in [0.1, 0.15) is 18.0 Å². The third-order valence-electron chi connectivity index (χ3n) is 2.68. The van der Waals surface area contributed by atoms with Crippen LogP contribution in [0.25, 0.3) is 0 Å². The Morgan fingerprint density at radius 3 is 2.29 bits per heavy atom. The molecule has 0 bridgehead atoms. The minimum atomic E-state index is -4.60. The van der Waals surface area contributed by atoms with Crippen LogP contribution in [0.3, 0.4) is 0 Å². The summed E-state index contributed by atoms with van der Waals surface area (Å²) in [6.07, 6.45) is -8.04. The molecule has 11 heteroatoms. The second-order valence-electron chi connectivity index (χ2n) is 4.43. The summed E-state index contributed by atoms with van der Waals surface area (Å²) in [5, 5.41) is 8.88. The van der Waals surface area contributed by atoms with Crippen molar-refractivity contribution in [1.82, 2.24) is 15.2 Å². The van der Waals surface area contributed by atoms with Crippen LogP contribution in [0.4, 0.5) is 32.2 Å². The predicted octanol–water partition coefficient (Wildman–Crippen LogP) is 3.40. The van der Waals surface area contributed by atoms with Crippen molar-refractivity contribution in [2.75, 3.05) is 18.5 Å². The fourth-order valence-electron chi connectivity index (χ4n) is 1.63. The van der Waals surface area contributed by atoms with Gasteiger partial charge >= 0.3 is 12.4 Å². The lowest BCUT2D eigenvalue weighted by Crippen LogP contribution is -2.16. The first-order valence-corrected chi connectivity index (χ1v) is 6.48. The monoisotopic (exact) mass is 352 g/mol. The summed E-state index contributed by atoms with van der Waals surface area (Å²) in [6, 6.07) is 3.75. The zero-order chi connectivity index (χ0) is 17.8. The van der Waals surface area contributed by atoms with Crippen molar-refractivity contribution in [3.8, 4) is 5.88 Å². The number of anilines is 1. The zero-order valence-electron chi connectivity index (χ0n) is 11.8. The maximum Gasteiger partial charge on any atom is 0.435 e. The van der Waals surface area contributed by atoms with Crippen LogP contribution in [0.2, 0.25) is 0 Å². The highest BCUT2D eigenvalue weighted by Gasteiger charge is 2.35. The molecule has 130 valence electrons. The molecule has 0 aliphatic heterocycles. The molecule has 0 saturated carbocycles. The largest absolute Gasteiger partial charge is 0.475 e. The lowest BCUT2D eigenvalue weighted by molar-refractivity contribution is -0.142. The number of pyridine rings is 1. The van der Waals surface area contributed by atoms with E-state index in [-0.39, 0.29) is 19.0 Å². The van der Waals surface area contributed by atoms with Crippen molar-refractivity contribution >= 4 is 5.82 Å². The fourth-order valence-corrected chi connectivity index (χ4v) is 1.63. The van der Waals surface area contributed by atoms with Crippen molar-refractivity contribution in [3.05, 3.63) is 41.7 Å². The van der Waals surface area contributed by atoms with Crippen LogP contribution in [0.1, 0.15) is 11.3 Å². The highest BCUT2D eigenvalue weighted by molar-refractivity contribution is 5.33. The Labute approximate surface area is 131 Å². The van der Waals surface area contributed by atoms with E-state index in [0.29, 0.717) is 0 Å². The smallest absolute Gasteiger partial charge is 0.435 e. The highest BCUT2D eigenvalue weighted by atomic mass is 19.4. The third-order valence-corrected chi connectivity index (χ3v) is 2.68. The molecule has 2 heterocycles. The number of aromatic nitrogens is 3. The van der Waals surface area contributed by atoms with Gasteiger partial charge in [0, 0.05) is 6.20 Å². The SMILES string of the molecule is FC(F)(F)c1ccc(NCCOc2ncccc2C(F)(F)F)nn1. The second kappa shape index (κ2) is 6.89. The molecular formula is C13H10F6N4O. The van der Waals surface area contributed by atoms with Crippen LogP contribution in [0, 0.1) is 0 Å². The van der Waals surface area contributed by atoms with Crippen molar-refractivity contribution in [2.45, 2.75) is 12.4 Å². The molecule has 2 aromatic rings. The Morgan fingerprint density at radius 2 is 1.71 bits per heavy atom. The van der Waals surface area contributed by atoms with Gasteiger partial charge in [-0.1, -0.05) is 0 Å². The van der Waals surface area contributed by atoms with Gasteiger partial charge in [0.05, 0.1) is 6.54 Å². The van der Waals surface area contributed by atoms with Crippen LogP contribution < -0.4 is 10.1 Å². The van der Waals surface area contributed by atoms with E-state index in [4.69, 9.17) is 4.74 Å². The summed E-state index contributed by atoms with van der Waals surface area (Å²) >= 11 is 0. The quantitative estimate of drug-likeness (QED) is 0.660. The Kier molecular flexibility index (Phi) is 5.10. The minimum absolute atomic E-state index is 0.00604. The van der Waals surface area contributed by atoms with Gasteiger partial charge in [-0.05, 0) is 24.3 Å². The van der Waals surface area contributed by atoms with E-state index in [1.54, 1.807) is 0 Å². The van der Waals surface area contributed by atoms with Crippen molar-refractivity contribution in [3.63, 3.8) is 0 Å². The molecule has 2 aromatic heterocycles. The molecule has 2 rings (SSSR count). The summed E-state index contributed by atoms with van der Waals surface area (Å²) < 4.78 is 80.0. The first-order chi connectivity index (χ1) is 11.2. The van der Waals surface area contributed by atoms with E-state index in [1.165, 1.54) is 0 Å². The number of nitrogens with zero attached hydrogens (tertiary/aromatic N) is 3. The van der Waals surface area contributed by atoms with Crippen molar-refractivity contribution in [2.24, 2.45) is 0 Å². The maximum absolute atomic E-state index is 12.7. The molecule has 24 heavy (non-hydrogen) atoms. The third kappa shape index (κ3) is 4.70. The van der Waals surface area contributed by atoms with Gasteiger partial charge in [0.2, 0.25) is 5.88 Å². The van der Waals surface area contributed by atoms with Gasteiger partial charge in [0.15, 0.2) is 5.69 Å². The average molecular weight is 352 g/mol. The molecule has 0 fully saturated rings. The van der Waals surface area contributed by atoms with Gasteiger partial charge in [-0.2, -0.15) is 26.3 Å². The van der Waals surface area contributed by atoms with Gasteiger partial charge in [0.25, 0.3) is 0 Å². The summed E-state index contributed by atoms with van der Waals surface area (Å²) in [4.78, 5) is 3.51. The van der Waals surface area contributed by atoms with Gasteiger partial charge in [-0.3, -0.25) is 0 Å². The zero-order valence-corrected chi connectivity index (χ0v) is 11.8. The standard InChI is InChI=1S/C13H10F6N4O/c14-12(15,16)8-2-1-5-21-11(8)24-7-6-20-10-4-3-9(22-23-10)13(17,18)19/h1-5H,6-7H2,(H,20,23). The van der Waals surface area contributed by atoms with Crippen molar-refractivity contribution < 1.29 is 31.1 Å². The Bertz CT molecular complexity index is 671. The maximum atomic E-state index is 12.7. The van der Waals surface area contributed by atoms with E-state index < -0.39 is 29.5 Å². The second-order valence-corrected chi connectivity index (χ2v) is 4.43. The number of halogens is 6. The lowest BCUT2D eigenvalue weighted by atomic mass is 10.2. The van der Waals surface area contributed by atoms with Gasteiger partial charge in [-0.25, -0.2) is 4.98 Å². The van der Waals surface area contributed by atoms with Gasteiger partial charge in [-0.15, -0.1) is 10.2 Å². The van der Waals surface area contributed by atoms with E-state index in [0.717, 1.165) is 30.5 Å². The summed E-state index contributed by atoms with van der Waals surface area (Å²) in [5.41, 5.74) is -2.16. The molecule has 0 spiro atoms. The van der Waals surface area contributed by atoms with Crippen LogP contribution >= 0.6 is 0 Å². The van der Waals surface area contributed by atoms with E-state index in [1.807, 2.05) is 0 Å². The lowest BCUT2D eigenvalue weighted by Gasteiger charge is -2.12. The molecule has 0 radical (unpaired) electrons. The van der Waals surface area contributed by atoms with Crippen LogP contribution in [-0.2, 0) is 12.4 Å². The molecule has 0 aromatic carbocycles. The number of rotatable bonds is 5. The van der Waals surface area contributed by atoms with Crippen LogP contribution in [0.15, 0.2) is 30.5 Å². The van der Waals surface area contributed by atoms with Crippen molar-refractivity contribution in [1.29, 1.82) is 0 Å². The fraction of sp³-hybridized carbons (Fsp3) is 0.308. The van der Waals surface area contributed by atoms with E-state index in [2.05, 4.69) is 20.5 Å². The highest BCUT2D eigenvalue weighted by Crippen LogP contribution is 2.34. The Balaban J connectivity index is 1.88. The summed E-state index contributed by atoms with van der Waals surface area (Å²) in [6.45, 7) is -0.212. The average Bonchev–Trinajstić information content (AvgIpc) is 2.50. The Hall–Kier alpha value is -2.59. The normalized spacial score (nSPS) is 12.1. The van der Waals surface area contributed by atoms with Crippen LogP contribution in [-0.4, -0.2) is 28.3 Å². The first kappa shape index (κ1) is 17.8. The Morgan fingerprint density at radius 1 is 0.958 bits per heavy atom. The summed E-state index contributed by atoms with van der Waals surface area (Å²) in [5.74, 6) is -0.547. The molecule has 0 unspecified atom stereocenters. The number of hydrogen-bond acceptors (Lipinski definition) is 5. The molecule has 0 amide bonds. The predicted molar refractivity (Wildman–Crippen MR) is 70.3 cm³/mol. The molecule has 1 N–H and O–H groups in total. The molecule has 0 aliphatic rings. The van der Waals surface area contributed by atoms with Gasteiger partial charge < -0.3 is 10.1 Å². The summed E-state index contributed by atoms with van der Waals surface area (Å²) in [7, 11) is 0. The topological polar surface area (TPSA) is 59.9 Å². The number of ether oxygens (including phenoxy) is 1. The molecule has 0 aliphatic carbocycles. The number of nitrogens with one attached hydrogen (secondary N) is 1. The minimum Gasteiger partial charge on any atom is -0.475 e. The van der Waals surface area contributed by atoms with E-state index >= 15 is 0 Å².